The second kappa shape index (κ2) is 9.46. The lowest BCUT2D eigenvalue weighted by Crippen LogP contribution is -2.41. The fourth-order valence-corrected chi connectivity index (χ4v) is 3.09. The van der Waals surface area contributed by atoms with Gasteiger partial charge >= 0.3 is 0 Å². The van der Waals surface area contributed by atoms with Crippen molar-refractivity contribution in [3.8, 4) is 0 Å². The SMILES string of the molecule is CNC(=O)c1ccc(C[C@@H](CNC(=O)c2ccc(C)cc2C)N(C)C)cc1F. The topological polar surface area (TPSA) is 61.4 Å². The molecule has 1 atom stereocenters. The minimum Gasteiger partial charge on any atom is -0.355 e. The number of carbonyl (C=O) groups is 2. The van der Waals surface area contributed by atoms with Crippen LogP contribution in [0.3, 0.4) is 0 Å². The highest BCUT2D eigenvalue weighted by Gasteiger charge is 2.17. The Kier molecular flexibility index (Phi) is 7.29. The Morgan fingerprint density at radius 3 is 2.29 bits per heavy atom. The van der Waals surface area contributed by atoms with Crippen LogP contribution in [0.25, 0.3) is 0 Å². The van der Waals surface area contributed by atoms with Crippen LogP contribution in [-0.2, 0) is 6.42 Å². The third-order valence-corrected chi connectivity index (χ3v) is 4.83. The van der Waals surface area contributed by atoms with Gasteiger partial charge in [0, 0.05) is 25.2 Å². The zero-order valence-electron chi connectivity index (χ0n) is 17.1. The molecular weight excluding hydrogens is 357 g/mol. The van der Waals surface area contributed by atoms with E-state index in [1.54, 1.807) is 6.07 Å². The van der Waals surface area contributed by atoms with Crippen LogP contribution in [0.15, 0.2) is 36.4 Å². The number of aryl methyl sites for hydroxylation is 2. The first-order valence-corrected chi connectivity index (χ1v) is 9.25. The van der Waals surface area contributed by atoms with Gasteiger partial charge in [-0.15, -0.1) is 0 Å². The lowest BCUT2D eigenvalue weighted by molar-refractivity contribution is 0.0937. The van der Waals surface area contributed by atoms with Gasteiger partial charge in [-0.3, -0.25) is 9.59 Å². The van der Waals surface area contributed by atoms with Crippen LogP contribution in [0.2, 0.25) is 0 Å². The summed E-state index contributed by atoms with van der Waals surface area (Å²) in [5.74, 6) is -1.12. The molecule has 0 aromatic heterocycles. The zero-order chi connectivity index (χ0) is 20.8. The van der Waals surface area contributed by atoms with Gasteiger partial charge in [0.25, 0.3) is 11.8 Å². The van der Waals surface area contributed by atoms with Crippen molar-refractivity contribution in [3.05, 3.63) is 70.0 Å². The van der Waals surface area contributed by atoms with Crippen molar-refractivity contribution in [2.24, 2.45) is 0 Å². The number of hydrogen-bond donors (Lipinski definition) is 2. The molecule has 2 N–H and O–H groups in total. The Hall–Kier alpha value is -2.73. The number of amides is 2. The van der Waals surface area contributed by atoms with E-state index >= 15 is 0 Å². The fraction of sp³-hybridized carbons (Fsp3) is 0.364. The van der Waals surface area contributed by atoms with Gasteiger partial charge in [-0.25, -0.2) is 4.39 Å². The fourth-order valence-electron chi connectivity index (χ4n) is 3.09. The molecule has 0 radical (unpaired) electrons. The third-order valence-electron chi connectivity index (χ3n) is 4.83. The summed E-state index contributed by atoms with van der Waals surface area (Å²) in [4.78, 5) is 26.2. The Bertz CT molecular complexity index is 865. The Labute approximate surface area is 165 Å². The minimum atomic E-state index is -0.548. The molecule has 0 aliphatic heterocycles. The number of benzene rings is 2. The lowest BCUT2D eigenvalue weighted by Gasteiger charge is -2.25. The van der Waals surface area contributed by atoms with E-state index in [9.17, 15) is 14.0 Å². The van der Waals surface area contributed by atoms with Gasteiger partial charge in [0.05, 0.1) is 5.56 Å². The monoisotopic (exact) mass is 385 g/mol. The first-order chi connectivity index (χ1) is 13.2. The number of carbonyl (C=O) groups excluding carboxylic acids is 2. The largest absolute Gasteiger partial charge is 0.355 e. The van der Waals surface area contributed by atoms with Crippen molar-refractivity contribution in [1.82, 2.24) is 15.5 Å². The second-order valence-corrected chi connectivity index (χ2v) is 7.24. The molecule has 28 heavy (non-hydrogen) atoms. The highest BCUT2D eigenvalue weighted by molar-refractivity contribution is 5.95. The van der Waals surface area contributed by atoms with E-state index < -0.39 is 11.7 Å². The molecule has 0 aliphatic carbocycles. The standard InChI is InChI=1S/C22H28FN3O2/c1-14-6-8-18(15(2)10-14)22(28)25-13-17(26(4)5)11-16-7-9-19(20(23)12-16)21(27)24-3/h6-10,12,17H,11,13H2,1-5H3,(H,24,27)(H,25,28)/t17-/m0/s1. The average molecular weight is 385 g/mol. The van der Waals surface area contributed by atoms with Gasteiger partial charge < -0.3 is 15.5 Å². The van der Waals surface area contributed by atoms with Gasteiger partial charge in [0.15, 0.2) is 0 Å². The Morgan fingerprint density at radius 2 is 1.71 bits per heavy atom. The summed E-state index contributed by atoms with van der Waals surface area (Å²) in [6.07, 6.45) is 0.547. The number of halogens is 1. The smallest absolute Gasteiger partial charge is 0.253 e. The predicted octanol–water partition coefficient (Wildman–Crippen LogP) is 2.70. The number of nitrogens with zero attached hydrogens (tertiary/aromatic N) is 1. The summed E-state index contributed by atoms with van der Waals surface area (Å²) in [6, 6.07) is 10.3. The summed E-state index contributed by atoms with van der Waals surface area (Å²) in [6.45, 7) is 4.34. The summed E-state index contributed by atoms with van der Waals surface area (Å²) in [5.41, 5.74) is 3.50. The second-order valence-electron chi connectivity index (χ2n) is 7.24. The quantitative estimate of drug-likeness (QED) is 0.770. The van der Waals surface area contributed by atoms with Crippen LogP contribution in [0.5, 0.6) is 0 Å². The molecule has 2 aromatic carbocycles. The van der Waals surface area contributed by atoms with Crippen molar-refractivity contribution >= 4 is 11.8 Å². The molecule has 0 bridgehead atoms. The Balaban J connectivity index is 2.06. The van der Waals surface area contributed by atoms with E-state index in [2.05, 4.69) is 10.6 Å². The van der Waals surface area contributed by atoms with Crippen LogP contribution in [0.1, 0.15) is 37.4 Å². The first-order valence-electron chi connectivity index (χ1n) is 9.25. The highest BCUT2D eigenvalue weighted by Crippen LogP contribution is 2.14. The summed E-state index contributed by atoms with van der Waals surface area (Å²) in [5, 5.41) is 5.40. The minimum absolute atomic E-state index is 0.0139. The molecule has 0 fully saturated rings. The predicted molar refractivity (Wildman–Crippen MR) is 109 cm³/mol. The Morgan fingerprint density at radius 1 is 1.04 bits per heavy atom. The van der Waals surface area contributed by atoms with Crippen molar-refractivity contribution in [3.63, 3.8) is 0 Å². The maximum Gasteiger partial charge on any atom is 0.253 e. The van der Waals surface area contributed by atoms with Gasteiger partial charge in [-0.1, -0.05) is 23.8 Å². The van der Waals surface area contributed by atoms with Crippen LogP contribution < -0.4 is 10.6 Å². The summed E-state index contributed by atoms with van der Waals surface area (Å²) in [7, 11) is 5.31. The van der Waals surface area contributed by atoms with E-state index in [0.29, 0.717) is 18.5 Å². The number of likely N-dealkylation sites (N-methyl/N-ethyl adjacent to an activating group) is 1. The van der Waals surface area contributed by atoms with Crippen molar-refractivity contribution < 1.29 is 14.0 Å². The van der Waals surface area contributed by atoms with Gasteiger partial charge in [-0.2, -0.15) is 0 Å². The number of rotatable bonds is 7. The van der Waals surface area contributed by atoms with Gasteiger partial charge in [-0.05, 0) is 63.7 Å². The highest BCUT2D eigenvalue weighted by atomic mass is 19.1. The number of nitrogens with one attached hydrogen (secondary N) is 2. The molecule has 2 rings (SSSR count). The van der Waals surface area contributed by atoms with E-state index in [1.165, 1.54) is 19.2 Å². The van der Waals surface area contributed by atoms with Crippen LogP contribution >= 0.6 is 0 Å². The molecule has 0 unspecified atom stereocenters. The van der Waals surface area contributed by atoms with Crippen molar-refractivity contribution in [2.75, 3.05) is 27.7 Å². The zero-order valence-corrected chi connectivity index (χ0v) is 17.1. The molecular formula is C22H28FN3O2. The van der Waals surface area contributed by atoms with Crippen molar-refractivity contribution in [2.45, 2.75) is 26.3 Å². The molecule has 0 saturated heterocycles. The maximum atomic E-state index is 14.2. The van der Waals surface area contributed by atoms with Gasteiger partial charge in [0.1, 0.15) is 5.82 Å². The van der Waals surface area contributed by atoms with E-state index in [4.69, 9.17) is 0 Å². The third kappa shape index (κ3) is 5.39. The van der Waals surface area contributed by atoms with Crippen LogP contribution in [-0.4, -0.2) is 50.4 Å². The number of hydrogen-bond acceptors (Lipinski definition) is 3. The first kappa shape index (κ1) is 21.6. The maximum absolute atomic E-state index is 14.2. The van der Waals surface area contributed by atoms with Crippen LogP contribution in [0.4, 0.5) is 4.39 Å². The van der Waals surface area contributed by atoms with Gasteiger partial charge in [0.2, 0.25) is 0 Å². The molecule has 0 aliphatic rings. The molecule has 5 nitrogen and oxygen atoms in total. The van der Waals surface area contributed by atoms with Crippen molar-refractivity contribution in [1.29, 1.82) is 0 Å². The molecule has 150 valence electrons. The molecule has 0 saturated carbocycles. The molecule has 0 heterocycles. The molecule has 6 heteroatoms. The average Bonchev–Trinajstić information content (AvgIpc) is 2.64. The normalized spacial score (nSPS) is 12.0. The van der Waals surface area contributed by atoms with E-state index in [-0.39, 0.29) is 17.5 Å². The summed E-state index contributed by atoms with van der Waals surface area (Å²) >= 11 is 0. The van der Waals surface area contributed by atoms with Crippen LogP contribution in [0, 0.1) is 19.7 Å². The lowest BCUT2D eigenvalue weighted by atomic mass is 10.0. The molecule has 0 spiro atoms. The molecule has 2 aromatic rings. The van der Waals surface area contributed by atoms with E-state index in [0.717, 1.165) is 16.7 Å². The van der Waals surface area contributed by atoms with E-state index in [1.807, 2.05) is 51.0 Å². The summed E-state index contributed by atoms with van der Waals surface area (Å²) < 4.78 is 14.2. The molecule has 2 amide bonds.